The first-order valence-corrected chi connectivity index (χ1v) is 8.12. The number of piperidine rings is 1. The van der Waals surface area contributed by atoms with Crippen molar-refractivity contribution in [2.75, 3.05) is 43.6 Å². The zero-order valence-corrected chi connectivity index (χ0v) is 13.9. The van der Waals surface area contributed by atoms with Gasteiger partial charge in [-0.25, -0.2) is 0 Å². The molecule has 1 aliphatic rings. The van der Waals surface area contributed by atoms with Crippen LogP contribution in [0.3, 0.4) is 0 Å². The molecule has 128 valence electrons. The Hall–Kier alpha value is -1.79. The number of methoxy groups -OCH3 is 1. The van der Waals surface area contributed by atoms with E-state index in [9.17, 15) is 9.90 Å². The first-order valence-electron chi connectivity index (χ1n) is 8.12. The highest BCUT2D eigenvalue weighted by atomic mass is 16.5. The number of benzene rings is 1. The highest BCUT2D eigenvalue weighted by Gasteiger charge is 2.18. The van der Waals surface area contributed by atoms with Gasteiger partial charge in [0.15, 0.2) is 0 Å². The lowest BCUT2D eigenvalue weighted by atomic mass is 10.1. The molecule has 0 aromatic heterocycles. The van der Waals surface area contributed by atoms with Gasteiger partial charge in [-0.05, 0) is 31.4 Å². The third-order valence-corrected chi connectivity index (χ3v) is 3.81. The van der Waals surface area contributed by atoms with Crippen molar-refractivity contribution >= 4 is 17.3 Å². The lowest BCUT2D eigenvalue weighted by molar-refractivity contribution is -0.119. The Labute approximate surface area is 137 Å². The summed E-state index contributed by atoms with van der Waals surface area (Å²) in [7, 11) is 1.49. The highest BCUT2D eigenvalue weighted by Crippen LogP contribution is 2.31. The largest absolute Gasteiger partial charge is 0.491 e. The summed E-state index contributed by atoms with van der Waals surface area (Å²) in [5.74, 6) is 0.461. The number of hydrogen-bond acceptors (Lipinski definition) is 5. The molecule has 0 aliphatic carbocycles. The SMILES string of the molecule is CCCOc1cc(N2CCC(O)CC2)ccc1NC(=O)COC. The Morgan fingerprint density at radius 3 is 2.78 bits per heavy atom. The molecule has 1 aromatic carbocycles. The molecule has 1 aromatic rings. The lowest BCUT2D eigenvalue weighted by Crippen LogP contribution is -2.35. The molecule has 0 bridgehead atoms. The van der Waals surface area contributed by atoms with Gasteiger partial charge in [0.2, 0.25) is 5.91 Å². The van der Waals surface area contributed by atoms with Crippen LogP contribution in [0.2, 0.25) is 0 Å². The highest BCUT2D eigenvalue weighted by molar-refractivity contribution is 5.93. The molecule has 0 radical (unpaired) electrons. The van der Waals surface area contributed by atoms with E-state index in [4.69, 9.17) is 9.47 Å². The van der Waals surface area contributed by atoms with E-state index in [1.54, 1.807) is 0 Å². The Kier molecular flexibility index (Phi) is 6.67. The van der Waals surface area contributed by atoms with Gasteiger partial charge >= 0.3 is 0 Å². The molecule has 6 heteroatoms. The minimum atomic E-state index is -0.206. The van der Waals surface area contributed by atoms with Gasteiger partial charge < -0.3 is 24.8 Å². The van der Waals surface area contributed by atoms with E-state index in [0.29, 0.717) is 18.0 Å². The Balaban J connectivity index is 2.14. The Bertz CT molecular complexity index is 513. The number of anilines is 2. The maximum absolute atomic E-state index is 11.7. The van der Waals surface area contributed by atoms with Crippen LogP contribution in [-0.4, -0.2) is 50.5 Å². The average molecular weight is 322 g/mol. The molecule has 6 nitrogen and oxygen atoms in total. The summed E-state index contributed by atoms with van der Waals surface area (Å²) in [6, 6.07) is 5.79. The van der Waals surface area contributed by atoms with Gasteiger partial charge in [-0.1, -0.05) is 6.92 Å². The molecule has 2 rings (SSSR count). The molecular weight excluding hydrogens is 296 g/mol. The van der Waals surface area contributed by atoms with Crippen LogP contribution < -0.4 is 15.0 Å². The lowest BCUT2D eigenvalue weighted by Gasteiger charge is -2.32. The second-order valence-electron chi connectivity index (χ2n) is 5.73. The molecule has 1 amide bonds. The van der Waals surface area contributed by atoms with Crippen LogP contribution in [0.4, 0.5) is 11.4 Å². The molecule has 2 N–H and O–H groups in total. The van der Waals surface area contributed by atoms with Crippen molar-refractivity contribution in [3.8, 4) is 5.75 Å². The quantitative estimate of drug-likeness (QED) is 0.804. The predicted octanol–water partition coefficient (Wildman–Crippen LogP) is 2.02. The number of aliphatic hydroxyl groups excluding tert-OH is 1. The zero-order valence-electron chi connectivity index (χ0n) is 13.9. The van der Waals surface area contributed by atoms with E-state index >= 15 is 0 Å². The topological polar surface area (TPSA) is 71.0 Å². The molecular formula is C17H26N2O4. The summed E-state index contributed by atoms with van der Waals surface area (Å²) in [5, 5.41) is 12.4. The number of amides is 1. The first kappa shape index (κ1) is 17.6. The summed E-state index contributed by atoms with van der Waals surface area (Å²) < 4.78 is 10.6. The Morgan fingerprint density at radius 2 is 2.13 bits per heavy atom. The van der Waals surface area contributed by atoms with Crippen LogP contribution in [-0.2, 0) is 9.53 Å². The van der Waals surface area contributed by atoms with Gasteiger partial charge in [0.25, 0.3) is 0 Å². The van der Waals surface area contributed by atoms with Crippen LogP contribution in [0.5, 0.6) is 5.75 Å². The molecule has 1 aliphatic heterocycles. The third kappa shape index (κ3) is 5.11. The molecule has 0 spiro atoms. The van der Waals surface area contributed by atoms with E-state index in [2.05, 4.69) is 10.2 Å². The number of nitrogens with zero attached hydrogens (tertiary/aromatic N) is 1. The van der Waals surface area contributed by atoms with E-state index < -0.39 is 0 Å². The van der Waals surface area contributed by atoms with Crippen molar-refractivity contribution < 1.29 is 19.4 Å². The van der Waals surface area contributed by atoms with Gasteiger partial charge in [-0.2, -0.15) is 0 Å². The van der Waals surface area contributed by atoms with Gasteiger partial charge in [-0.15, -0.1) is 0 Å². The fraction of sp³-hybridized carbons (Fsp3) is 0.588. The van der Waals surface area contributed by atoms with E-state index in [1.807, 2.05) is 25.1 Å². The monoisotopic (exact) mass is 322 g/mol. The normalized spacial score (nSPS) is 15.5. The standard InChI is InChI=1S/C17H26N2O4/c1-3-10-23-16-11-13(19-8-6-14(20)7-9-19)4-5-15(16)18-17(21)12-22-2/h4-5,11,14,20H,3,6-10,12H2,1-2H3,(H,18,21). The zero-order chi connectivity index (χ0) is 16.7. The molecule has 0 saturated carbocycles. The number of hydrogen-bond donors (Lipinski definition) is 2. The summed E-state index contributed by atoms with van der Waals surface area (Å²) in [4.78, 5) is 14.0. The smallest absolute Gasteiger partial charge is 0.250 e. The summed E-state index contributed by atoms with van der Waals surface area (Å²) in [6.07, 6.45) is 2.25. The van der Waals surface area contributed by atoms with Gasteiger partial charge in [0.1, 0.15) is 12.4 Å². The second-order valence-corrected chi connectivity index (χ2v) is 5.73. The summed E-state index contributed by atoms with van der Waals surface area (Å²) in [6.45, 7) is 4.29. The van der Waals surface area contributed by atoms with Crippen LogP contribution >= 0.6 is 0 Å². The molecule has 1 saturated heterocycles. The average Bonchev–Trinajstić information content (AvgIpc) is 2.55. The maximum atomic E-state index is 11.7. The van der Waals surface area contributed by atoms with Gasteiger partial charge in [-0.3, -0.25) is 4.79 Å². The van der Waals surface area contributed by atoms with E-state index in [1.165, 1.54) is 7.11 Å². The van der Waals surface area contributed by atoms with Crippen molar-refractivity contribution in [3.63, 3.8) is 0 Å². The summed E-state index contributed by atoms with van der Waals surface area (Å²) in [5.41, 5.74) is 1.70. The van der Waals surface area contributed by atoms with E-state index in [-0.39, 0.29) is 18.6 Å². The molecule has 0 unspecified atom stereocenters. The van der Waals surface area contributed by atoms with Crippen LogP contribution in [0.15, 0.2) is 18.2 Å². The second kappa shape index (κ2) is 8.74. The fourth-order valence-electron chi connectivity index (χ4n) is 2.58. The van der Waals surface area contributed by atoms with Crippen molar-refractivity contribution in [2.45, 2.75) is 32.3 Å². The number of carbonyl (C=O) groups excluding carboxylic acids is 1. The van der Waals surface area contributed by atoms with Crippen molar-refractivity contribution in [2.24, 2.45) is 0 Å². The van der Waals surface area contributed by atoms with Crippen molar-refractivity contribution in [3.05, 3.63) is 18.2 Å². The molecule has 23 heavy (non-hydrogen) atoms. The summed E-state index contributed by atoms with van der Waals surface area (Å²) >= 11 is 0. The molecule has 1 heterocycles. The number of carbonyl (C=O) groups is 1. The van der Waals surface area contributed by atoms with Gasteiger partial charge in [0, 0.05) is 32.0 Å². The number of rotatable bonds is 7. The predicted molar refractivity (Wildman–Crippen MR) is 90.2 cm³/mol. The van der Waals surface area contributed by atoms with Crippen LogP contribution in [0.25, 0.3) is 0 Å². The fourth-order valence-corrected chi connectivity index (χ4v) is 2.58. The maximum Gasteiger partial charge on any atom is 0.250 e. The van der Waals surface area contributed by atoms with Crippen molar-refractivity contribution in [1.29, 1.82) is 0 Å². The van der Waals surface area contributed by atoms with Crippen LogP contribution in [0.1, 0.15) is 26.2 Å². The molecule has 1 fully saturated rings. The minimum Gasteiger partial charge on any atom is -0.491 e. The number of aliphatic hydroxyl groups is 1. The first-order chi connectivity index (χ1) is 11.1. The number of nitrogens with one attached hydrogen (secondary N) is 1. The molecule has 0 atom stereocenters. The third-order valence-electron chi connectivity index (χ3n) is 3.81. The minimum absolute atomic E-state index is 0.0129. The Morgan fingerprint density at radius 1 is 1.39 bits per heavy atom. The van der Waals surface area contributed by atoms with Crippen LogP contribution in [0, 0.1) is 0 Å². The van der Waals surface area contributed by atoms with Gasteiger partial charge in [0.05, 0.1) is 18.4 Å². The number of ether oxygens (including phenoxy) is 2. The van der Waals surface area contributed by atoms with E-state index in [0.717, 1.165) is 38.0 Å². The van der Waals surface area contributed by atoms with Crippen molar-refractivity contribution in [1.82, 2.24) is 0 Å².